The van der Waals surface area contributed by atoms with Crippen molar-refractivity contribution in [1.29, 1.82) is 0 Å². The van der Waals surface area contributed by atoms with Gasteiger partial charge in [0.25, 0.3) is 0 Å². The fourth-order valence-corrected chi connectivity index (χ4v) is 4.11. The second kappa shape index (κ2) is 7.67. The number of benzene rings is 1. The summed E-state index contributed by atoms with van der Waals surface area (Å²) in [6.45, 7) is 7.16. The van der Waals surface area contributed by atoms with E-state index in [4.69, 9.17) is 4.74 Å². The average Bonchev–Trinajstić information content (AvgIpc) is 3.08. The lowest BCUT2D eigenvalue weighted by Crippen LogP contribution is -2.43. The zero-order valence-electron chi connectivity index (χ0n) is 15.1. The molecule has 1 aromatic heterocycles. The standard InChI is InChI=1S/C20H26N2O2S/c1-14(2)17-12-20(8-10-24-17,16-6-4-15(3)5-7-16)13-18(23)22-19-21-9-11-25-19/h4-7,9,11,14,17H,8,10,12-13H2,1-3H3,(H,21,22,23)/t17-,20-/m0/s1. The van der Waals surface area contributed by atoms with E-state index >= 15 is 0 Å². The van der Waals surface area contributed by atoms with Crippen molar-refractivity contribution in [1.82, 2.24) is 4.98 Å². The number of nitrogens with zero attached hydrogens (tertiary/aromatic N) is 1. The molecule has 0 unspecified atom stereocenters. The second-order valence-electron chi connectivity index (χ2n) is 7.32. The molecule has 3 rings (SSSR count). The highest BCUT2D eigenvalue weighted by Crippen LogP contribution is 2.42. The predicted octanol–water partition coefficient (Wildman–Crippen LogP) is 4.55. The number of thiazole rings is 1. The van der Waals surface area contributed by atoms with Gasteiger partial charge in [-0.15, -0.1) is 11.3 Å². The van der Waals surface area contributed by atoms with Crippen LogP contribution < -0.4 is 5.32 Å². The Balaban J connectivity index is 1.85. The Morgan fingerprint density at radius 2 is 2.16 bits per heavy atom. The number of ether oxygens (including phenoxy) is 1. The van der Waals surface area contributed by atoms with Crippen molar-refractivity contribution < 1.29 is 9.53 Å². The molecule has 0 saturated carbocycles. The molecule has 0 spiro atoms. The van der Waals surface area contributed by atoms with Crippen LogP contribution in [0.5, 0.6) is 0 Å². The van der Waals surface area contributed by atoms with Gasteiger partial charge in [0.05, 0.1) is 6.10 Å². The van der Waals surface area contributed by atoms with E-state index in [-0.39, 0.29) is 17.4 Å². The van der Waals surface area contributed by atoms with Crippen molar-refractivity contribution in [2.24, 2.45) is 5.92 Å². The van der Waals surface area contributed by atoms with Crippen LogP contribution in [0.4, 0.5) is 5.13 Å². The Hall–Kier alpha value is -1.72. The molecular weight excluding hydrogens is 332 g/mol. The molecule has 1 amide bonds. The van der Waals surface area contributed by atoms with Crippen molar-refractivity contribution in [3.63, 3.8) is 0 Å². The summed E-state index contributed by atoms with van der Waals surface area (Å²) in [7, 11) is 0. The molecule has 2 atom stereocenters. The van der Waals surface area contributed by atoms with E-state index in [0.717, 1.165) is 12.8 Å². The Morgan fingerprint density at radius 3 is 2.80 bits per heavy atom. The van der Waals surface area contributed by atoms with Crippen LogP contribution in [0.25, 0.3) is 0 Å². The highest BCUT2D eigenvalue weighted by Gasteiger charge is 2.41. The quantitative estimate of drug-likeness (QED) is 0.853. The maximum atomic E-state index is 12.7. The normalized spacial score (nSPS) is 23.6. The first-order valence-corrected chi connectivity index (χ1v) is 9.74. The van der Waals surface area contributed by atoms with Crippen LogP contribution in [0.3, 0.4) is 0 Å². The molecule has 25 heavy (non-hydrogen) atoms. The first kappa shape index (κ1) is 18.1. The molecule has 1 aliphatic rings. The van der Waals surface area contributed by atoms with Crippen LogP contribution in [0.1, 0.15) is 44.2 Å². The Labute approximate surface area is 153 Å². The van der Waals surface area contributed by atoms with Gasteiger partial charge in [0.1, 0.15) is 0 Å². The molecule has 0 radical (unpaired) electrons. The molecular formula is C20H26N2O2S. The smallest absolute Gasteiger partial charge is 0.227 e. The molecule has 1 fully saturated rings. The Morgan fingerprint density at radius 1 is 1.40 bits per heavy atom. The molecule has 134 valence electrons. The number of hydrogen-bond acceptors (Lipinski definition) is 4. The van der Waals surface area contributed by atoms with E-state index in [1.165, 1.54) is 22.5 Å². The molecule has 1 aliphatic heterocycles. The highest BCUT2D eigenvalue weighted by atomic mass is 32.1. The van der Waals surface area contributed by atoms with Gasteiger partial charge in [0.2, 0.25) is 5.91 Å². The molecule has 5 heteroatoms. The molecule has 1 saturated heterocycles. The van der Waals surface area contributed by atoms with Gasteiger partial charge in [-0.2, -0.15) is 0 Å². The minimum absolute atomic E-state index is 0.0277. The summed E-state index contributed by atoms with van der Waals surface area (Å²) >= 11 is 1.45. The first-order valence-electron chi connectivity index (χ1n) is 8.87. The number of carbonyl (C=O) groups excluding carboxylic acids is 1. The topological polar surface area (TPSA) is 51.2 Å². The average molecular weight is 359 g/mol. The van der Waals surface area contributed by atoms with Gasteiger partial charge in [-0.25, -0.2) is 4.98 Å². The molecule has 1 N–H and O–H groups in total. The van der Waals surface area contributed by atoms with Crippen molar-refractivity contribution in [2.45, 2.75) is 51.6 Å². The van der Waals surface area contributed by atoms with E-state index < -0.39 is 0 Å². The third-order valence-electron chi connectivity index (χ3n) is 5.09. The van der Waals surface area contributed by atoms with Gasteiger partial charge in [0, 0.05) is 30.0 Å². The minimum Gasteiger partial charge on any atom is -0.378 e. The zero-order chi connectivity index (χ0) is 17.9. The van der Waals surface area contributed by atoms with Crippen LogP contribution in [0.2, 0.25) is 0 Å². The van der Waals surface area contributed by atoms with Gasteiger partial charge in [-0.3, -0.25) is 4.79 Å². The van der Waals surface area contributed by atoms with Crippen molar-refractivity contribution >= 4 is 22.4 Å². The number of hydrogen-bond donors (Lipinski definition) is 1. The van der Waals surface area contributed by atoms with Crippen LogP contribution >= 0.6 is 11.3 Å². The molecule has 2 heterocycles. The lowest BCUT2D eigenvalue weighted by Gasteiger charge is -2.42. The molecule has 0 bridgehead atoms. The van der Waals surface area contributed by atoms with Crippen molar-refractivity contribution in [3.05, 3.63) is 47.0 Å². The third-order valence-corrected chi connectivity index (χ3v) is 5.78. The second-order valence-corrected chi connectivity index (χ2v) is 8.21. The molecule has 1 aromatic carbocycles. The van der Waals surface area contributed by atoms with Crippen LogP contribution in [-0.2, 0) is 14.9 Å². The molecule has 4 nitrogen and oxygen atoms in total. The number of rotatable bonds is 5. The summed E-state index contributed by atoms with van der Waals surface area (Å²) in [5, 5.41) is 5.48. The SMILES string of the molecule is Cc1ccc([C@@]2(CC(=O)Nc3nccs3)CCO[C@H](C(C)C)C2)cc1. The number of aryl methyl sites for hydroxylation is 1. The predicted molar refractivity (Wildman–Crippen MR) is 102 cm³/mol. The summed E-state index contributed by atoms with van der Waals surface area (Å²) in [5.41, 5.74) is 2.29. The van der Waals surface area contributed by atoms with Gasteiger partial charge in [-0.1, -0.05) is 43.7 Å². The molecule has 2 aromatic rings. The van der Waals surface area contributed by atoms with E-state index in [1.54, 1.807) is 6.20 Å². The maximum Gasteiger partial charge on any atom is 0.227 e. The van der Waals surface area contributed by atoms with Crippen molar-refractivity contribution in [3.8, 4) is 0 Å². The molecule has 0 aliphatic carbocycles. The Bertz CT molecular complexity index is 697. The number of nitrogens with one attached hydrogen (secondary N) is 1. The van der Waals surface area contributed by atoms with Crippen LogP contribution in [0, 0.1) is 12.8 Å². The highest BCUT2D eigenvalue weighted by molar-refractivity contribution is 7.13. The number of aromatic nitrogens is 1. The maximum absolute atomic E-state index is 12.7. The van der Waals surface area contributed by atoms with Gasteiger partial charge >= 0.3 is 0 Å². The van der Waals surface area contributed by atoms with Gasteiger partial charge in [0.15, 0.2) is 5.13 Å². The van der Waals surface area contributed by atoms with E-state index in [9.17, 15) is 4.79 Å². The largest absolute Gasteiger partial charge is 0.378 e. The monoisotopic (exact) mass is 358 g/mol. The van der Waals surface area contributed by atoms with Crippen LogP contribution in [0.15, 0.2) is 35.8 Å². The fourth-order valence-electron chi connectivity index (χ4n) is 3.57. The summed E-state index contributed by atoms with van der Waals surface area (Å²) in [5.74, 6) is 0.465. The van der Waals surface area contributed by atoms with E-state index in [1.807, 2.05) is 5.38 Å². The Kier molecular flexibility index (Phi) is 5.54. The number of carbonyl (C=O) groups is 1. The number of amides is 1. The summed E-state index contributed by atoms with van der Waals surface area (Å²) in [6.07, 6.45) is 4.09. The number of anilines is 1. The van der Waals surface area contributed by atoms with Crippen LogP contribution in [-0.4, -0.2) is 23.6 Å². The van der Waals surface area contributed by atoms with Crippen molar-refractivity contribution in [2.75, 3.05) is 11.9 Å². The zero-order valence-corrected chi connectivity index (χ0v) is 15.9. The fraction of sp³-hybridized carbons (Fsp3) is 0.500. The first-order chi connectivity index (χ1) is 12.0. The lowest BCUT2D eigenvalue weighted by molar-refractivity contribution is -0.119. The van der Waals surface area contributed by atoms with E-state index in [0.29, 0.717) is 24.1 Å². The minimum atomic E-state index is -0.178. The van der Waals surface area contributed by atoms with Gasteiger partial charge in [-0.05, 0) is 31.2 Å². The summed E-state index contributed by atoms with van der Waals surface area (Å²) in [6, 6.07) is 8.62. The van der Waals surface area contributed by atoms with Gasteiger partial charge < -0.3 is 10.1 Å². The third kappa shape index (κ3) is 4.28. The lowest BCUT2D eigenvalue weighted by atomic mass is 9.68. The summed E-state index contributed by atoms with van der Waals surface area (Å²) in [4.78, 5) is 16.9. The van der Waals surface area contributed by atoms with E-state index in [2.05, 4.69) is 55.3 Å². The summed E-state index contributed by atoms with van der Waals surface area (Å²) < 4.78 is 5.99.